The number of carbonyl (C=O) groups excluding carboxylic acids is 1. The maximum absolute atomic E-state index is 12.3. The number of nitrogens with zero attached hydrogens (tertiary/aromatic N) is 3. The van der Waals surface area contributed by atoms with E-state index in [9.17, 15) is 4.79 Å². The van der Waals surface area contributed by atoms with Crippen LogP contribution < -0.4 is 16.3 Å². The average Bonchev–Trinajstić information content (AvgIpc) is 2.73. The van der Waals surface area contributed by atoms with Gasteiger partial charge < -0.3 is 25.1 Å². The molecule has 4 N–H and O–H groups in total. The molecule has 1 heterocycles. The Balaban J connectivity index is 2.10. The Morgan fingerprint density at radius 3 is 2.59 bits per heavy atom. The maximum atomic E-state index is 12.3. The standard InChI is InChI=1S/C24H39N5O3/c1-16(2)12-13-28(5)24(30)31-15-21(29(6)26)23(25)20-10-11-22(18(4)27-20)32-19-9-7-8-17(3)14-19/h10-12,17,19H,7-9,13-15,25-26H2,1-6H3/b23-21-/t17-,19+/m1/s1. The molecule has 2 atom stereocenters. The molecule has 1 aromatic rings. The molecule has 0 unspecified atom stereocenters. The second-order valence-corrected chi connectivity index (χ2v) is 8.98. The molecule has 0 aliphatic heterocycles. The van der Waals surface area contributed by atoms with Gasteiger partial charge in [-0.05, 0) is 58.1 Å². The molecular formula is C24H39N5O3. The fourth-order valence-electron chi connectivity index (χ4n) is 3.64. The predicted molar refractivity (Wildman–Crippen MR) is 127 cm³/mol. The van der Waals surface area contributed by atoms with Crippen LogP contribution in [-0.2, 0) is 4.74 Å². The van der Waals surface area contributed by atoms with Gasteiger partial charge in [-0.3, -0.25) is 0 Å². The van der Waals surface area contributed by atoms with Gasteiger partial charge in [-0.15, -0.1) is 0 Å². The SMILES string of the molecule is CC(C)=CCN(C)C(=O)OC/C(=C(/N)c1ccc(O[C@H]2CCC[C@@H](C)C2)c(C)n1)N(C)N. The quantitative estimate of drug-likeness (QED) is 0.356. The fraction of sp³-hybridized carbons (Fsp3) is 0.583. The lowest BCUT2D eigenvalue weighted by Gasteiger charge is -2.28. The Morgan fingerprint density at radius 1 is 1.28 bits per heavy atom. The number of allylic oxidation sites excluding steroid dienone is 1. The maximum Gasteiger partial charge on any atom is 0.410 e. The van der Waals surface area contributed by atoms with Crippen molar-refractivity contribution in [3.05, 3.63) is 40.9 Å². The van der Waals surface area contributed by atoms with E-state index in [1.54, 1.807) is 14.1 Å². The molecule has 0 bridgehead atoms. The van der Waals surface area contributed by atoms with Crippen LogP contribution in [0, 0.1) is 12.8 Å². The highest BCUT2D eigenvalue weighted by Crippen LogP contribution is 2.29. The van der Waals surface area contributed by atoms with E-state index in [4.69, 9.17) is 21.1 Å². The number of hydrogen-bond acceptors (Lipinski definition) is 7. The Kier molecular flexibility index (Phi) is 9.38. The second kappa shape index (κ2) is 11.8. The molecule has 1 aromatic heterocycles. The number of rotatable bonds is 8. The molecule has 0 saturated heterocycles. The van der Waals surface area contributed by atoms with Gasteiger partial charge in [0.1, 0.15) is 12.4 Å². The second-order valence-electron chi connectivity index (χ2n) is 8.98. The van der Waals surface area contributed by atoms with E-state index in [1.165, 1.54) is 22.8 Å². The zero-order valence-electron chi connectivity index (χ0n) is 20.4. The van der Waals surface area contributed by atoms with Crippen LogP contribution >= 0.6 is 0 Å². The number of ether oxygens (including phenoxy) is 2. The monoisotopic (exact) mass is 445 g/mol. The van der Waals surface area contributed by atoms with Gasteiger partial charge in [0.15, 0.2) is 0 Å². The summed E-state index contributed by atoms with van der Waals surface area (Å²) in [6, 6.07) is 3.72. The van der Waals surface area contributed by atoms with E-state index in [-0.39, 0.29) is 12.7 Å². The van der Waals surface area contributed by atoms with Crippen molar-refractivity contribution < 1.29 is 14.3 Å². The number of aryl methyl sites for hydroxylation is 1. The van der Waals surface area contributed by atoms with Crippen LogP contribution in [0.4, 0.5) is 4.79 Å². The highest BCUT2D eigenvalue weighted by atomic mass is 16.6. The van der Waals surface area contributed by atoms with Gasteiger partial charge in [-0.2, -0.15) is 0 Å². The number of pyridine rings is 1. The number of aromatic nitrogens is 1. The first-order chi connectivity index (χ1) is 15.1. The van der Waals surface area contributed by atoms with Gasteiger partial charge in [-0.1, -0.05) is 25.0 Å². The van der Waals surface area contributed by atoms with Crippen molar-refractivity contribution in [2.24, 2.45) is 17.5 Å². The molecule has 1 amide bonds. The number of hydrazine groups is 1. The van der Waals surface area contributed by atoms with Crippen molar-refractivity contribution in [2.45, 2.75) is 59.5 Å². The molecule has 178 valence electrons. The van der Waals surface area contributed by atoms with Crippen molar-refractivity contribution in [3.63, 3.8) is 0 Å². The van der Waals surface area contributed by atoms with Crippen LogP contribution in [0.5, 0.6) is 5.75 Å². The molecule has 1 fully saturated rings. The fourth-order valence-corrected chi connectivity index (χ4v) is 3.64. The van der Waals surface area contributed by atoms with Gasteiger partial charge in [-0.25, -0.2) is 15.6 Å². The van der Waals surface area contributed by atoms with E-state index < -0.39 is 6.09 Å². The summed E-state index contributed by atoms with van der Waals surface area (Å²) in [6.07, 6.45) is 6.33. The molecular weight excluding hydrogens is 406 g/mol. The molecule has 8 heteroatoms. The number of carbonyl (C=O) groups is 1. The van der Waals surface area contributed by atoms with E-state index in [0.717, 1.165) is 29.9 Å². The summed E-state index contributed by atoms with van der Waals surface area (Å²) in [5.74, 6) is 7.43. The first-order valence-corrected chi connectivity index (χ1v) is 11.2. The summed E-state index contributed by atoms with van der Waals surface area (Å²) in [5.41, 5.74) is 9.64. The minimum Gasteiger partial charge on any atom is -0.489 e. The van der Waals surface area contributed by atoms with Crippen LogP contribution in [0.25, 0.3) is 5.70 Å². The zero-order valence-corrected chi connectivity index (χ0v) is 20.4. The van der Waals surface area contributed by atoms with Crippen molar-refractivity contribution in [1.29, 1.82) is 0 Å². The average molecular weight is 446 g/mol. The Bertz CT molecular complexity index is 846. The molecule has 2 rings (SSSR count). The molecule has 1 aliphatic rings. The summed E-state index contributed by atoms with van der Waals surface area (Å²) in [6.45, 7) is 8.54. The Morgan fingerprint density at radius 2 is 2.00 bits per heavy atom. The van der Waals surface area contributed by atoms with E-state index in [1.807, 2.05) is 39.0 Å². The van der Waals surface area contributed by atoms with Crippen molar-refractivity contribution in [3.8, 4) is 5.75 Å². The van der Waals surface area contributed by atoms with E-state index in [2.05, 4.69) is 11.9 Å². The van der Waals surface area contributed by atoms with Crippen LogP contribution in [0.15, 0.2) is 29.5 Å². The van der Waals surface area contributed by atoms with Crippen molar-refractivity contribution >= 4 is 11.8 Å². The topological polar surface area (TPSA) is 107 Å². The number of amides is 1. The number of likely N-dealkylation sites (N-methyl/N-ethyl adjacent to an activating group) is 2. The summed E-state index contributed by atoms with van der Waals surface area (Å²) in [5, 5.41) is 1.35. The van der Waals surface area contributed by atoms with E-state index >= 15 is 0 Å². The third kappa shape index (κ3) is 7.44. The first-order valence-electron chi connectivity index (χ1n) is 11.2. The van der Waals surface area contributed by atoms with Crippen LogP contribution in [0.3, 0.4) is 0 Å². The summed E-state index contributed by atoms with van der Waals surface area (Å²) in [7, 11) is 3.33. The Labute approximate surface area is 192 Å². The zero-order chi connectivity index (χ0) is 23.8. The van der Waals surface area contributed by atoms with Gasteiger partial charge >= 0.3 is 6.09 Å². The van der Waals surface area contributed by atoms with Crippen molar-refractivity contribution in [2.75, 3.05) is 27.2 Å². The molecule has 0 aromatic carbocycles. The molecule has 32 heavy (non-hydrogen) atoms. The molecule has 1 aliphatic carbocycles. The number of hydrogen-bond donors (Lipinski definition) is 2. The largest absolute Gasteiger partial charge is 0.489 e. The van der Waals surface area contributed by atoms with Crippen LogP contribution in [-0.4, -0.2) is 54.3 Å². The van der Waals surface area contributed by atoms with Gasteiger partial charge in [0.05, 0.1) is 28.9 Å². The molecule has 1 saturated carbocycles. The van der Waals surface area contributed by atoms with E-state index in [0.29, 0.717) is 29.6 Å². The summed E-state index contributed by atoms with van der Waals surface area (Å²) in [4.78, 5) is 18.4. The minimum absolute atomic E-state index is 0.0598. The van der Waals surface area contributed by atoms with Gasteiger partial charge in [0.2, 0.25) is 0 Å². The highest BCUT2D eigenvalue weighted by molar-refractivity contribution is 5.69. The molecule has 8 nitrogen and oxygen atoms in total. The molecule has 0 radical (unpaired) electrons. The lowest BCUT2D eigenvalue weighted by Crippen LogP contribution is -2.34. The lowest BCUT2D eigenvalue weighted by atomic mass is 9.89. The minimum atomic E-state index is -0.454. The summed E-state index contributed by atoms with van der Waals surface area (Å²) >= 11 is 0. The van der Waals surface area contributed by atoms with Gasteiger partial charge in [0, 0.05) is 20.6 Å². The third-order valence-corrected chi connectivity index (χ3v) is 5.65. The molecule has 0 spiro atoms. The number of nitrogens with two attached hydrogens (primary N) is 2. The summed E-state index contributed by atoms with van der Waals surface area (Å²) < 4.78 is 11.6. The normalized spacial score (nSPS) is 19.0. The van der Waals surface area contributed by atoms with Crippen LogP contribution in [0.1, 0.15) is 57.8 Å². The lowest BCUT2D eigenvalue weighted by molar-refractivity contribution is 0.116. The smallest absolute Gasteiger partial charge is 0.410 e. The van der Waals surface area contributed by atoms with Crippen molar-refractivity contribution in [1.82, 2.24) is 14.9 Å². The Hall–Kier alpha value is -2.74. The highest BCUT2D eigenvalue weighted by Gasteiger charge is 2.21. The first kappa shape index (κ1) is 25.5. The third-order valence-electron chi connectivity index (χ3n) is 5.65. The predicted octanol–water partition coefficient (Wildman–Crippen LogP) is 3.81. The van der Waals surface area contributed by atoms with Crippen LogP contribution in [0.2, 0.25) is 0 Å². The van der Waals surface area contributed by atoms with Gasteiger partial charge in [0.25, 0.3) is 0 Å².